The van der Waals surface area contributed by atoms with Crippen LogP contribution in [0.2, 0.25) is 0 Å². The molecule has 0 aliphatic carbocycles. The van der Waals surface area contributed by atoms with Gasteiger partial charge in [-0.2, -0.15) is 0 Å². The summed E-state index contributed by atoms with van der Waals surface area (Å²) in [6.45, 7) is 58.7. The van der Waals surface area contributed by atoms with Crippen molar-refractivity contribution in [2.75, 3.05) is 277 Å². The molecule has 0 aromatic heterocycles. The third-order valence-electron chi connectivity index (χ3n) is 18.0. The summed E-state index contributed by atoms with van der Waals surface area (Å²) in [6.07, 6.45) is 5.39. The zero-order valence-electron chi connectivity index (χ0n) is 79.6. The van der Waals surface area contributed by atoms with Crippen LogP contribution in [-0.2, 0) is 85.3 Å². The fourth-order valence-electron chi connectivity index (χ4n) is 10.4. The lowest BCUT2D eigenvalue weighted by Crippen LogP contribution is -2.40. The second-order valence-electron chi connectivity index (χ2n) is 34.1. The van der Waals surface area contributed by atoms with E-state index in [4.69, 9.17) is 188 Å². The normalized spacial score (nSPS) is 16.9. The molecule has 12 atom stereocenters. The van der Waals surface area contributed by atoms with Crippen LogP contribution >= 0.6 is 0 Å². The molecule has 0 saturated heterocycles. The molecule has 0 amide bonds. The second-order valence-corrected chi connectivity index (χ2v) is 34.1. The van der Waals surface area contributed by atoms with Crippen LogP contribution in [-0.4, -0.2) is 350 Å². The molecule has 36 heteroatoms. The quantitative estimate of drug-likeness (QED) is 0.0369. The van der Waals surface area contributed by atoms with Crippen molar-refractivity contribution in [3.8, 4) is 0 Å². The van der Waals surface area contributed by atoms with Gasteiger partial charge in [0.05, 0.1) is 238 Å². The summed E-state index contributed by atoms with van der Waals surface area (Å²) in [5, 5.41) is 0. The molecule has 0 bridgehead atoms. The van der Waals surface area contributed by atoms with E-state index >= 15 is 0 Å². The zero-order chi connectivity index (χ0) is 92.6. The van der Waals surface area contributed by atoms with Crippen LogP contribution in [0.15, 0.2) is 0 Å². The first-order valence-corrected chi connectivity index (χ1v) is 44.4. The monoisotopic (exact) mass is 1750 g/mol. The van der Waals surface area contributed by atoms with Crippen molar-refractivity contribution in [1.82, 2.24) is 0 Å². The summed E-state index contributed by atoms with van der Waals surface area (Å²) in [6, 6.07) is 0.272. The molecule has 0 spiro atoms. The molecule has 0 heterocycles. The van der Waals surface area contributed by atoms with Crippen LogP contribution < -0.4 is 103 Å². The smallest absolute Gasteiger partial charge is 0.0615 e. The van der Waals surface area contributed by atoms with Gasteiger partial charge in [0.2, 0.25) is 0 Å². The number of ether oxygens (including phenoxy) is 18. The third-order valence-corrected chi connectivity index (χ3v) is 18.0. The molecule has 0 aliphatic rings. The summed E-state index contributed by atoms with van der Waals surface area (Å²) in [5.74, 6) is 0. The molecule has 0 aromatic carbocycles. The van der Waals surface area contributed by atoms with Gasteiger partial charge in [0.1, 0.15) is 0 Å². The predicted octanol–water partition coefficient (Wildman–Crippen LogP) is 0.514. The minimum absolute atomic E-state index is 0.0227. The SMILES string of the molecule is CCC(COCC(C)N)(COCC(C)N)COCC(C)N.CCC(COCC(C)N)(COCC(C)N)COCC(C)N.CCC(COCC(C)N)(COCC(C)N)COCC(C)N.CCC(COCC(C)N)(COCC(C)N)COCC(C)N.CCC(COCCN)(COCCN)COCCN.CCC(COCCN)(COCCN)COCCN. The zero-order valence-corrected chi connectivity index (χ0v) is 79.6. The van der Waals surface area contributed by atoms with Crippen LogP contribution in [0, 0.1) is 32.5 Å². The van der Waals surface area contributed by atoms with E-state index < -0.39 is 0 Å². The predicted molar refractivity (Wildman–Crippen MR) is 489 cm³/mol. The van der Waals surface area contributed by atoms with Crippen molar-refractivity contribution < 1.29 is 85.3 Å². The maximum Gasteiger partial charge on any atom is 0.0615 e. The van der Waals surface area contributed by atoms with Crippen molar-refractivity contribution in [3.05, 3.63) is 0 Å². The van der Waals surface area contributed by atoms with Gasteiger partial charge in [0.15, 0.2) is 0 Å². The first kappa shape index (κ1) is 129. The van der Waals surface area contributed by atoms with Crippen molar-refractivity contribution in [3.63, 3.8) is 0 Å². The maximum absolute atomic E-state index is 5.72. The van der Waals surface area contributed by atoms with Crippen molar-refractivity contribution >= 4 is 0 Å². The van der Waals surface area contributed by atoms with Gasteiger partial charge in [-0.3, -0.25) is 0 Å². The Bertz CT molecular complexity index is 1630. The molecule has 36 nitrogen and oxygen atoms in total. The minimum Gasteiger partial charge on any atom is -0.379 e. The van der Waals surface area contributed by atoms with E-state index in [9.17, 15) is 0 Å². The molecule has 12 unspecified atom stereocenters. The molecule has 0 aromatic rings. The lowest BCUT2D eigenvalue weighted by atomic mass is 9.88. The molecule has 0 saturated carbocycles. The lowest BCUT2D eigenvalue weighted by Gasteiger charge is -2.33. The highest BCUT2D eigenvalue weighted by Gasteiger charge is 2.36. The summed E-state index contributed by atoms with van der Waals surface area (Å²) < 4.78 is 102. The van der Waals surface area contributed by atoms with Gasteiger partial charge >= 0.3 is 0 Å². The number of nitrogens with two attached hydrogens (primary N) is 18. The second kappa shape index (κ2) is 85.6. The third kappa shape index (κ3) is 83.5. The molecular formula is C84H198N18O18. The highest BCUT2D eigenvalue weighted by molar-refractivity contribution is 4.84. The Hall–Kier alpha value is -1.44. The summed E-state index contributed by atoms with van der Waals surface area (Å²) in [4.78, 5) is 0. The maximum atomic E-state index is 5.72. The molecule has 732 valence electrons. The Kier molecular flexibility index (Phi) is 92.3. The molecule has 120 heavy (non-hydrogen) atoms. The van der Waals surface area contributed by atoms with Crippen LogP contribution in [0.1, 0.15) is 163 Å². The molecule has 36 N–H and O–H groups in total. The molecule has 0 radical (unpaired) electrons. The number of hydrogen-bond donors (Lipinski definition) is 18. The van der Waals surface area contributed by atoms with E-state index in [1.807, 2.05) is 83.1 Å². The van der Waals surface area contributed by atoms with E-state index in [0.717, 1.165) is 38.5 Å². The molecule has 0 rings (SSSR count). The highest BCUT2D eigenvalue weighted by Crippen LogP contribution is 2.29. The van der Waals surface area contributed by atoms with Crippen LogP contribution in [0.3, 0.4) is 0 Å². The number of rotatable bonds is 78. The largest absolute Gasteiger partial charge is 0.379 e. The van der Waals surface area contributed by atoms with Gasteiger partial charge in [-0.1, -0.05) is 41.5 Å². The summed E-state index contributed by atoms with van der Waals surface area (Å²) in [7, 11) is 0. The lowest BCUT2D eigenvalue weighted by molar-refractivity contribution is -0.0750. The van der Waals surface area contributed by atoms with Crippen molar-refractivity contribution in [2.45, 2.75) is 236 Å². The fourth-order valence-corrected chi connectivity index (χ4v) is 10.4. The van der Waals surface area contributed by atoms with Gasteiger partial charge in [-0.15, -0.1) is 0 Å². The average Bonchev–Trinajstić information content (AvgIpc) is 0.935. The van der Waals surface area contributed by atoms with Crippen molar-refractivity contribution in [2.24, 2.45) is 136 Å². The fraction of sp³-hybridized carbons (Fsp3) is 1.00. The Morgan fingerprint density at radius 3 is 0.283 bits per heavy atom. The Morgan fingerprint density at radius 1 is 0.150 bits per heavy atom. The van der Waals surface area contributed by atoms with E-state index in [1.54, 1.807) is 0 Å². The standard InChI is InChI=1S/4C15H35N3O3.2C12H29N3O3/c4*1-5-15(9-19-6-12(2)16,10-20-7-13(3)17)11-21-8-14(4)18;2*1-2-12(9-16-6-3-13,10-17-7-4-14)11-18-8-5-15/h4*12-14H,5-11,16-18H2,1-4H3;2*2-11,13-15H2,1H3. The first-order valence-electron chi connectivity index (χ1n) is 44.4. The Labute approximate surface area is 730 Å². The van der Waals surface area contributed by atoms with E-state index in [-0.39, 0.29) is 105 Å². The van der Waals surface area contributed by atoms with E-state index in [2.05, 4.69) is 41.5 Å². The van der Waals surface area contributed by atoms with Crippen LogP contribution in [0.4, 0.5) is 0 Å². The summed E-state index contributed by atoms with van der Waals surface area (Å²) in [5.41, 5.74) is 100. The van der Waals surface area contributed by atoms with Gasteiger partial charge < -0.3 is 188 Å². The molecule has 0 aliphatic heterocycles. The van der Waals surface area contributed by atoms with Crippen molar-refractivity contribution in [1.29, 1.82) is 0 Å². The van der Waals surface area contributed by atoms with Gasteiger partial charge in [-0.25, -0.2) is 0 Å². The highest BCUT2D eigenvalue weighted by atomic mass is 16.5. The topological polar surface area (TPSA) is 634 Å². The van der Waals surface area contributed by atoms with Gasteiger partial charge in [-0.05, 0) is 122 Å². The van der Waals surface area contributed by atoms with Crippen LogP contribution in [0.5, 0.6) is 0 Å². The van der Waals surface area contributed by atoms with E-state index in [1.165, 1.54) is 0 Å². The molecular weight excluding hydrogens is 1550 g/mol. The summed E-state index contributed by atoms with van der Waals surface area (Å²) >= 11 is 0. The van der Waals surface area contributed by atoms with Gasteiger partial charge in [0, 0.05) is 144 Å². The number of hydrogen-bond acceptors (Lipinski definition) is 36. The Balaban J connectivity index is -0.000000325. The van der Waals surface area contributed by atoms with E-state index in [0.29, 0.717) is 277 Å². The Morgan fingerprint density at radius 2 is 0.225 bits per heavy atom. The molecule has 0 fully saturated rings. The first-order chi connectivity index (χ1) is 56.7. The van der Waals surface area contributed by atoms with Crippen LogP contribution in [0.25, 0.3) is 0 Å². The minimum atomic E-state index is -0.182. The average molecular weight is 1750 g/mol. The van der Waals surface area contributed by atoms with Gasteiger partial charge in [0.25, 0.3) is 0 Å².